The van der Waals surface area contributed by atoms with E-state index in [1.807, 2.05) is 48.5 Å². The van der Waals surface area contributed by atoms with Gasteiger partial charge in [0.05, 0.1) is 5.69 Å². The number of benzene rings is 2. The van der Waals surface area contributed by atoms with Crippen LogP contribution in [0.5, 0.6) is 0 Å². The molecule has 0 amide bonds. The molecule has 3 rings (SSSR count). The highest BCUT2D eigenvalue weighted by Crippen LogP contribution is 2.25. The third kappa shape index (κ3) is 2.02. The van der Waals surface area contributed by atoms with Crippen LogP contribution in [0.2, 0.25) is 0 Å². The first-order valence-corrected chi connectivity index (χ1v) is 5.87. The summed E-state index contributed by atoms with van der Waals surface area (Å²) in [6.45, 7) is 0.731. The van der Waals surface area contributed by atoms with Crippen molar-refractivity contribution in [3.8, 4) is 0 Å². The second-order valence-electron chi connectivity index (χ2n) is 4.24. The lowest BCUT2D eigenvalue weighted by atomic mass is 10.2. The Kier molecular flexibility index (Phi) is 2.65. The number of nitrogen functional groups attached to an aromatic ring is 1. The van der Waals surface area contributed by atoms with E-state index >= 15 is 0 Å². The first kappa shape index (κ1) is 10.7. The van der Waals surface area contributed by atoms with Crippen molar-refractivity contribution in [2.75, 3.05) is 11.1 Å². The zero-order valence-corrected chi connectivity index (χ0v) is 9.89. The minimum absolute atomic E-state index is 0.731. The van der Waals surface area contributed by atoms with Gasteiger partial charge in [0, 0.05) is 17.6 Å². The molecule has 18 heavy (non-hydrogen) atoms. The fourth-order valence-corrected chi connectivity index (χ4v) is 2.02. The van der Waals surface area contributed by atoms with Crippen molar-refractivity contribution in [1.29, 1.82) is 0 Å². The Bertz CT molecular complexity index is 673. The first-order chi connectivity index (χ1) is 8.83. The maximum Gasteiger partial charge on any atom is 0.136 e. The average Bonchev–Trinajstić information content (AvgIpc) is 2.80. The first-order valence-electron chi connectivity index (χ1n) is 5.87. The molecular weight excluding hydrogens is 224 g/mol. The van der Waals surface area contributed by atoms with Gasteiger partial charge < -0.3 is 15.5 Å². The van der Waals surface area contributed by atoms with E-state index in [2.05, 4.69) is 5.32 Å². The Hall–Kier alpha value is -2.42. The molecule has 0 radical (unpaired) electrons. The minimum atomic E-state index is 0.731. The smallest absolute Gasteiger partial charge is 0.136 e. The summed E-state index contributed by atoms with van der Waals surface area (Å²) in [5, 5.41) is 4.46. The third-order valence-electron chi connectivity index (χ3n) is 2.91. The summed E-state index contributed by atoms with van der Waals surface area (Å²) in [6, 6.07) is 15.8. The summed E-state index contributed by atoms with van der Waals surface area (Å²) in [4.78, 5) is 0. The molecule has 0 spiro atoms. The van der Waals surface area contributed by atoms with Crippen molar-refractivity contribution in [3.63, 3.8) is 0 Å². The number of nitrogens with two attached hydrogens (primary N) is 1. The molecule has 0 aliphatic rings. The van der Waals surface area contributed by atoms with Crippen LogP contribution in [0.15, 0.2) is 59.2 Å². The highest BCUT2D eigenvalue weighted by molar-refractivity contribution is 5.90. The number of hydrogen-bond donors (Lipinski definition) is 2. The molecule has 0 fully saturated rings. The molecule has 1 heterocycles. The lowest BCUT2D eigenvalue weighted by Crippen LogP contribution is -1.99. The van der Waals surface area contributed by atoms with Gasteiger partial charge in [-0.2, -0.15) is 0 Å². The molecule has 0 aliphatic carbocycles. The van der Waals surface area contributed by atoms with Crippen LogP contribution in [-0.4, -0.2) is 0 Å². The van der Waals surface area contributed by atoms with E-state index in [-0.39, 0.29) is 0 Å². The van der Waals surface area contributed by atoms with Gasteiger partial charge in [-0.05, 0) is 29.8 Å². The van der Waals surface area contributed by atoms with Crippen molar-refractivity contribution in [2.24, 2.45) is 0 Å². The van der Waals surface area contributed by atoms with Gasteiger partial charge in [0.15, 0.2) is 0 Å². The number of nitrogens with one attached hydrogen (secondary N) is 1. The highest BCUT2D eigenvalue weighted by Gasteiger charge is 2.04. The van der Waals surface area contributed by atoms with Gasteiger partial charge in [0.25, 0.3) is 0 Å². The van der Waals surface area contributed by atoms with Gasteiger partial charge in [-0.25, -0.2) is 0 Å². The van der Waals surface area contributed by atoms with Crippen LogP contribution >= 0.6 is 0 Å². The fourth-order valence-electron chi connectivity index (χ4n) is 2.02. The average molecular weight is 238 g/mol. The summed E-state index contributed by atoms with van der Waals surface area (Å²) < 4.78 is 5.47. The largest absolute Gasteiger partial charge is 0.462 e. The van der Waals surface area contributed by atoms with Crippen LogP contribution < -0.4 is 11.1 Å². The molecule has 3 N–H and O–H groups in total. The predicted molar refractivity (Wildman–Crippen MR) is 74.4 cm³/mol. The summed E-state index contributed by atoms with van der Waals surface area (Å²) in [5.74, 6) is 0. The Labute approximate surface area is 105 Å². The highest BCUT2D eigenvalue weighted by atomic mass is 16.3. The Morgan fingerprint density at radius 2 is 1.94 bits per heavy atom. The third-order valence-corrected chi connectivity index (χ3v) is 2.91. The predicted octanol–water partition coefficient (Wildman–Crippen LogP) is 3.63. The SMILES string of the molecule is Nc1cccc(CNc2coc3ccccc23)c1. The molecule has 2 aromatic carbocycles. The zero-order valence-electron chi connectivity index (χ0n) is 9.89. The number of anilines is 2. The Morgan fingerprint density at radius 3 is 2.83 bits per heavy atom. The summed E-state index contributed by atoms with van der Waals surface area (Å²) in [6.07, 6.45) is 1.75. The zero-order chi connectivity index (χ0) is 12.4. The quantitative estimate of drug-likeness (QED) is 0.685. The van der Waals surface area contributed by atoms with E-state index < -0.39 is 0 Å². The number of para-hydroxylation sites is 1. The Balaban J connectivity index is 1.81. The van der Waals surface area contributed by atoms with Gasteiger partial charge in [-0.1, -0.05) is 24.3 Å². The number of fused-ring (bicyclic) bond motifs is 1. The van der Waals surface area contributed by atoms with E-state index in [0.717, 1.165) is 34.5 Å². The molecule has 0 atom stereocenters. The number of rotatable bonds is 3. The standard InChI is InChI=1S/C15H14N2O/c16-12-5-3-4-11(8-12)9-17-14-10-18-15-7-2-1-6-13(14)15/h1-8,10,17H,9,16H2. The van der Waals surface area contributed by atoms with Crippen molar-refractivity contribution >= 4 is 22.3 Å². The molecule has 90 valence electrons. The van der Waals surface area contributed by atoms with E-state index in [4.69, 9.17) is 10.2 Å². The van der Waals surface area contributed by atoms with Crippen molar-refractivity contribution in [3.05, 3.63) is 60.4 Å². The van der Waals surface area contributed by atoms with Crippen molar-refractivity contribution in [1.82, 2.24) is 0 Å². The summed E-state index contributed by atoms with van der Waals surface area (Å²) >= 11 is 0. The Morgan fingerprint density at radius 1 is 1.06 bits per heavy atom. The summed E-state index contributed by atoms with van der Waals surface area (Å²) in [7, 11) is 0. The molecule has 0 saturated carbocycles. The van der Waals surface area contributed by atoms with Gasteiger partial charge in [-0.15, -0.1) is 0 Å². The van der Waals surface area contributed by atoms with E-state index in [1.54, 1.807) is 6.26 Å². The van der Waals surface area contributed by atoms with E-state index in [9.17, 15) is 0 Å². The lowest BCUT2D eigenvalue weighted by molar-refractivity contribution is 0.616. The van der Waals surface area contributed by atoms with Crippen LogP contribution in [0.4, 0.5) is 11.4 Å². The van der Waals surface area contributed by atoms with Gasteiger partial charge in [0.2, 0.25) is 0 Å². The molecule has 1 aromatic heterocycles. The monoisotopic (exact) mass is 238 g/mol. The van der Waals surface area contributed by atoms with Crippen LogP contribution in [0, 0.1) is 0 Å². The molecule has 0 aliphatic heterocycles. The molecule has 3 aromatic rings. The fraction of sp³-hybridized carbons (Fsp3) is 0.0667. The van der Waals surface area contributed by atoms with Crippen LogP contribution in [0.25, 0.3) is 11.0 Å². The second-order valence-corrected chi connectivity index (χ2v) is 4.24. The topological polar surface area (TPSA) is 51.2 Å². The van der Waals surface area contributed by atoms with Gasteiger partial charge >= 0.3 is 0 Å². The van der Waals surface area contributed by atoms with E-state index in [0.29, 0.717) is 0 Å². The summed E-state index contributed by atoms with van der Waals surface area (Å²) in [5.41, 5.74) is 9.59. The molecule has 3 heteroatoms. The lowest BCUT2D eigenvalue weighted by Gasteiger charge is -2.05. The molecule has 0 saturated heterocycles. The van der Waals surface area contributed by atoms with Gasteiger partial charge in [-0.3, -0.25) is 0 Å². The van der Waals surface area contributed by atoms with Crippen LogP contribution in [0.3, 0.4) is 0 Å². The van der Waals surface area contributed by atoms with Crippen LogP contribution in [-0.2, 0) is 6.54 Å². The van der Waals surface area contributed by atoms with Crippen LogP contribution in [0.1, 0.15) is 5.56 Å². The maximum absolute atomic E-state index is 5.75. The van der Waals surface area contributed by atoms with Crippen molar-refractivity contribution in [2.45, 2.75) is 6.54 Å². The number of furan rings is 1. The van der Waals surface area contributed by atoms with E-state index in [1.165, 1.54) is 0 Å². The molecular formula is C15H14N2O. The minimum Gasteiger partial charge on any atom is -0.462 e. The molecule has 0 unspecified atom stereocenters. The van der Waals surface area contributed by atoms with Gasteiger partial charge in [0.1, 0.15) is 11.8 Å². The molecule has 3 nitrogen and oxygen atoms in total. The second kappa shape index (κ2) is 4.45. The van der Waals surface area contributed by atoms with Crippen molar-refractivity contribution < 1.29 is 4.42 Å². The molecule has 0 bridgehead atoms. The normalized spacial score (nSPS) is 10.7. The maximum atomic E-state index is 5.75. The number of hydrogen-bond acceptors (Lipinski definition) is 3.